The number of hydrogen-bond donors (Lipinski definition) is 0. The monoisotopic (exact) mass is 252 g/mol. The summed E-state index contributed by atoms with van der Waals surface area (Å²) in [7, 11) is 1.42. The van der Waals surface area contributed by atoms with Crippen LogP contribution in [0.4, 0.5) is 4.39 Å². The summed E-state index contributed by atoms with van der Waals surface area (Å²) < 4.78 is 28.6. The van der Waals surface area contributed by atoms with Crippen molar-refractivity contribution in [3.05, 3.63) is 29.6 Å². The highest BCUT2D eigenvalue weighted by Gasteiger charge is 2.01. The fourth-order valence-electron chi connectivity index (χ4n) is 1.32. The summed E-state index contributed by atoms with van der Waals surface area (Å²) in [6, 6.07) is 4.57. The van der Waals surface area contributed by atoms with E-state index in [0.717, 1.165) is 0 Å². The van der Waals surface area contributed by atoms with E-state index in [0.29, 0.717) is 12.2 Å². The van der Waals surface area contributed by atoms with Gasteiger partial charge in [-0.05, 0) is 32.0 Å². The lowest BCUT2D eigenvalue weighted by atomic mass is 10.2. The van der Waals surface area contributed by atoms with Gasteiger partial charge in [0.1, 0.15) is 6.61 Å². The van der Waals surface area contributed by atoms with Crippen LogP contribution in [0.3, 0.4) is 0 Å². The van der Waals surface area contributed by atoms with Crippen LogP contribution >= 0.6 is 0 Å². The topological polar surface area (TPSA) is 27.7 Å². The van der Waals surface area contributed by atoms with E-state index in [1.165, 1.54) is 13.2 Å². The van der Waals surface area contributed by atoms with Crippen LogP contribution < -0.4 is 4.74 Å². The second-order valence-electron chi connectivity index (χ2n) is 3.49. The van der Waals surface area contributed by atoms with E-state index in [9.17, 15) is 4.39 Å². The van der Waals surface area contributed by atoms with Gasteiger partial charge in [0.15, 0.2) is 17.9 Å². The SMILES string of the molecule is CCOC(C)OCC#Cc1ccc(OC)c(F)c1. The summed E-state index contributed by atoms with van der Waals surface area (Å²) >= 11 is 0. The summed E-state index contributed by atoms with van der Waals surface area (Å²) in [6.45, 7) is 4.54. The molecule has 18 heavy (non-hydrogen) atoms. The zero-order chi connectivity index (χ0) is 13.4. The Morgan fingerprint density at radius 3 is 2.72 bits per heavy atom. The van der Waals surface area contributed by atoms with E-state index in [2.05, 4.69) is 11.8 Å². The maximum absolute atomic E-state index is 13.3. The van der Waals surface area contributed by atoms with Crippen molar-refractivity contribution in [2.45, 2.75) is 20.1 Å². The Morgan fingerprint density at radius 1 is 1.33 bits per heavy atom. The molecule has 0 N–H and O–H groups in total. The standard InChI is InChI=1S/C14H17FO3/c1-4-17-11(2)18-9-5-6-12-7-8-14(16-3)13(15)10-12/h7-8,10-11H,4,9H2,1-3H3. The molecule has 0 saturated heterocycles. The lowest BCUT2D eigenvalue weighted by molar-refractivity contribution is -0.117. The molecule has 3 nitrogen and oxygen atoms in total. The van der Waals surface area contributed by atoms with Crippen molar-refractivity contribution in [2.75, 3.05) is 20.3 Å². The summed E-state index contributed by atoms with van der Waals surface area (Å²) in [6.07, 6.45) is -0.281. The molecular weight excluding hydrogens is 235 g/mol. The molecule has 0 saturated carbocycles. The fraction of sp³-hybridized carbons (Fsp3) is 0.429. The van der Waals surface area contributed by atoms with Gasteiger partial charge < -0.3 is 14.2 Å². The van der Waals surface area contributed by atoms with Gasteiger partial charge in [0.25, 0.3) is 0 Å². The molecule has 0 aliphatic heterocycles. The largest absolute Gasteiger partial charge is 0.494 e. The first-order chi connectivity index (χ1) is 8.67. The molecule has 4 heteroatoms. The smallest absolute Gasteiger partial charge is 0.166 e. The zero-order valence-electron chi connectivity index (χ0n) is 10.8. The molecule has 0 fully saturated rings. The normalized spacial score (nSPS) is 11.6. The second-order valence-corrected chi connectivity index (χ2v) is 3.49. The van der Waals surface area contributed by atoms with Crippen molar-refractivity contribution in [3.8, 4) is 17.6 Å². The van der Waals surface area contributed by atoms with E-state index < -0.39 is 5.82 Å². The predicted octanol–water partition coefficient (Wildman–Crippen LogP) is 2.58. The Hall–Kier alpha value is -1.57. The van der Waals surface area contributed by atoms with Gasteiger partial charge in [0, 0.05) is 12.2 Å². The van der Waals surface area contributed by atoms with Crippen molar-refractivity contribution in [2.24, 2.45) is 0 Å². The first-order valence-electron chi connectivity index (χ1n) is 5.73. The minimum absolute atomic E-state index is 0.210. The molecular formula is C14H17FO3. The number of benzene rings is 1. The first-order valence-corrected chi connectivity index (χ1v) is 5.73. The summed E-state index contributed by atoms with van der Waals surface area (Å²) in [5.41, 5.74) is 0.584. The third kappa shape index (κ3) is 4.74. The minimum Gasteiger partial charge on any atom is -0.494 e. The molecule has 0 aliphatic carbocycles. The van der Waals surface area contributed by atoms with Crippen molar-refractivity contribution < 1.29 is 18.6 Å². The molecule has 98 valence electrons. The lowest BCUT2D eigenvalue weighted by Crippen LogP contribution is -2.12. The third-order valence-electron chi connectivity index (χ3n) is 2.18. The van der Waals surface area contributed by atoms with Crippen LogP contribution in [0.15, 0.2) is 18.2 Å². The van der Waals surface area contributed by atoms with Gasteiger partial charge in [-0.25, -0.2) is 4.39 Å². The Balaban J connectivity index is 2.50. The fourth-order valence-corrected chi connectivity index (χ4v) is 1.32. The summed E-state index contributed by atoms with van der Waals surface area (Å²) in [4.78, 5) is 0. The van der Waals surface area contributed by atoms with Gasteiger partial charge in [0.05, 0.1) is 7.11 Å². The Kier molecular flexibility index (Phi) is 6.20. The Morgan fingerprint density at radius 2 is 2.11 bits per heavy atom. The molecule has 0 aliphatic rings. The van der Waals surface area contributed by atoms with Crippen LogP contribution in [-0.2, 0) is 9.47 Å². The van der Waals surface area contributed by atoms with Gasteiger partial charge in [-0.2, -0.15) is 0 Å². The van der Waals surface area contributed by atoms with Gasteiger partial charge in [-0.15, -0.1) is 0 Å². The minimum atomic E-state index is -0.423. The van der Waals surface area contributed by atoms with Crippen LogP contribution in [0.5, 0.6) is 5.75 Å². The van der Waals surface area contributed by atoms with Gasteiger partial charge in [0.2, 0.25) is 0 Å². The molecule has 1 rings (SSSR count). The predicted molar refractivity (Wildman–Crippen MR) is 66.9 cm³/mol. The van der Waals surface area contributed by atoms with Crippen LogP contribution in [0.2, 0.25) is 0 Å². The average Bonchev–Trinajstić information content (AvgIpc) is 2.35. The van der Waals surface area contributed by atoms with Crippen LogP contribution in [-0.4, -0.2) is 26.6 Å². The molecule has 1 aromatic rings. The molecule has 0 aromatic heterocycles. The summed E-state index contributed by atoms with van der Waals surface area (Å²) in [5, 5.41) is 0. The van der Waals surface area contributed by atoms with Gasteiger partial charge in [-0.3, -0.25) is 0 Å². The van der Waals surface area contributed by atoms with Crippen molar-refractivity contribution in [1.82, 2.24) is 0 Å². The molecule has 1 aromatic carbocycles. The third-order valence-corrected chi connectivity index (χ3v) is 2.18. The van der Waals surface area contributed by atoms with Crippen molar-refractivity contribution in [1.29, 1.82) is 0 Å². The number of ether oxygens (including phenoxy) is 3. The zero-order valence-corrected chi connectivity index (χ0v) is 10.8. The highest BCUT2D eigenvalue weighted by atomic mass is 19.1. The average molecular weight is 252 g/mol. The quantitative estimate of drug-likeness (QED) is 0.595. The first kappa shape index (κ1) is 14.5. The maximum Gasteiger partial charge on any atom is 0.166 e. The Labute approximate surface area is 107 Å². The van der Waals surface area contributed by atoms with E-state index >= 15 is 0 Å². The second kappa shape index (κ2) is 7.70. The molecule has 0 heterocycles. The highest BCUT2D eigenvalue weighted by molar-refractivity contribution is 5.39. The molecule has 1 unspecified atom stereocenters. The van der Waals surface area contributed by atoms with Gasteiger partial charge >= 0.3 is 0 Å². The number of methoxy groups -OCH3 is 1. The van der Waals surface area contributed by atoms with E-state index in [-0.39, 0.29) is 18.6 Å². The Bertz CT molecular complexity index is 434. The molecule has 0 amide bonds. The van der Waals surface area contributed by atoms with Gasteiger partial charge in [-0.1, -0.05) is 11.8 Å². The molecule has 1 atom stereocenters. The molecule has 0 radical (unpaired) electrons. The van der Waals surface area contributed by atoms with E-state index in [1.807, 2.05) is 6.92 Å². The van der Waals surface area contributed by atoms with Crippen molar-refractivity contribution >= 4 is 0 Å². The van der Waals surface area contributed by atoms with Crippen LogP contribution in [0.1, 0.15) is 19.4 Å². The number of hydrogen-bond acceptors (Lipinski definition) is 3. The van der Waals surface area contributed by atoms with E-state index in [1.54, 1.807) is 19.1 Å². The van der Waals surface area contributed by atoms with Crippen LogP contribution in [0, 0.1) is 17.7 Å². The molecule has 0 bridgehead atoms. The lowest BCUT2D eigenvalue weighted by Gasteiger charge is -2.09. The highest BCUT2D eigenvalue weighted by Crippen LogP contribution is 2.16. The molecule has 0 spiro atoms. The van der Waals surface area contributed by atoms with E-state index in [4.69, 9.17) is 14.2 Å². The van der Waals surface area contributed by atoms with Crippen molar-refractivity contribution in [3.63, 3.8) is 0 Å². The number of halogens is 1. The maximum atomic E-state index is 13.3. The van der Waals surface area contributed by atoms with Crippen LogP contribution in [0.25, 0.3) is 0 Å². The number of rotatable bonds is 5. The summed E-state index contributed by atoms with van der Waals surface area (Å²) in [5.74, 6) is 5.39.